The first-order valence-electron chi connectivity index (χ1n) is 9.56. The Balaban J connectivity index is 1.69. The Hall–Kier alpha value is -0.0800. The summed E-state index contributed by atoms with van der Waals surface area (Å²) in [5.41, 5.74) is 0.119. The first kappa shape index (κ1) is 15.8. The van der Waals surface area contributed by atoms with Crippen molar-refractivity contribution >= 4 is 0 Å². The lowest BCUT2D eigenvalue weighted by atomic mass is 9.77. The van der Waals surface area contributed by atoms with E-state index in [1.165, 1.54) is 70.6 Å². The van der Waals surface area contributed by atoms with Gasteiger partial charge in [-0.15, -0.1) is 0 Å². The molecule has 2 nitrogen and oxygen atoms in total. The molecule has 3 aliphatic carbocycles. The second-order valence-corrected chi connectivity index (χ2v) is 7.96. The van der Waals surface area contributed by atoms with Gasteiger partial charge in [-0.3, -0.25) is 0 Å². The molecule has 3 aliphatic rings. The minimum Gasteiger partial charge on any atom is -0.377 e. The van der Waals surface area contributed by atoms with E-state index in [1.54, 1.807) is 0 Å². The lowest BCUT2D eigenvalue weighted by Gasteiger charge is -2.42. The van der Waals surface area contributed by atoms with Gasteiger partial charge in [0.1, 0.15) is 0 Å². The van der Waals surface area contributed by atoms with Crippen molar-refractivity contribution in [3.63, 3.8) is 0 Å². The second-order valence-electron chi connectivity index (χ2n) is 7.96. The van der Waals surface area contributed by atoms with E-state index in [4.69, 9.17) is 4.74 Å². The van der Waals surface area contributed by atoms with Gasteiger partial charge in [-0.05, 0) is 62.8 Å². The predicted octanol–water partition coefficient (Wildman–Crippen LogP) is 4.53. The monoisotopic (exact) mass is 293 g/mol. The zero-order valence-electron chi connectivity index (χ0n) is 14.2. The van der Waals surface area contributed by atoms with Crippen LogP contribution in [0.15, 0.2) is 0 Å². The Labute approximate surface area is 131 Å². The highest BCUT2D eigenvalue weighted by molar-refractivity contribution is 4.99. The number of nitrogens with one attached hydrogen (secondary N) is 1. The fraction of sp³-hybridized carbons (Fsp3) is 1.00. The van der Waals surface area contributed by atoms with E-state index in [9.17, 15) is 0 Å². The normalized spacial score (nSPS) is 36.6. The quantitative estimate of drug-likeness (QED) is 0.726. The first-order chi connectivity index (χ1) is 10.3. The molecule has 4 atom stereocenters. The van der Waals surface area contributed by atoms with Crippen molar-refractivity contribution in [2.24, 2.45) is 17.8 Å². The summed E-state index contributed by atoms with van der Waals surface area (Å²) in [5.74, 6) is 3.08. The van der Waals surface area contributed by atoms with Crippen molar-refractivity contribution in [1.82, 2.24) is 5.32 Å². The van der Waals surface area contributed by atoms with Gasteiger partial charge in [0.15, 0.2) is 0 Å². The molecule has 0 aromatic rings. The molecule has 4 unspecified atom stereocenters. The van der Waals surface area contributed by atoms with Crippen LogP contribution in [-0.2, 0) is 4.74 Å². The number of fused-ring (bicyclic) bond motifs is 2. The molecule has 3 rings (SSSR count). The zero-order valence-corrected chi connectivity index (χ0v) is 14.2. The summed E-state index contributed by atoms with van der Waals surface area (Å²) in [6.45, 7) is 3.34. The van der Waals surface area contributed by atoms with E-state index in [0.29, 0.717) is 6.04 Å². The van der Waals surface area contributed by atoms with Crippen molar-refractivity contribution in [1.29, 1.82) is 0 Å². The van der Waals surface area contributed by atoms with Gasteiger partial charge in [-0.2, -0.15) is 0 Å². The summed E-state index contributed by atoms with van der Waals surface area (Å²) in [7, 11) is 1.97. The minimum absolute atomic E-state index is 0.119. The van der Waals surface area contributed by atoms with Crippen LogP contribution in [0.3, 0.4) is 0 Å². The first-order valence-corrected chi connectivity index (χ1v) is 9.56. The number of hydrogen-bond donors (Lipinski definition) is 1. The third-order valence-electron chi connectivity index (χ3n) is 6.87. The van der Waals surface area contributed by atoms with E-state index < -0.39 is 0 Å². The Kier molecular flexibility index (Phi) is 5.27. The molecule has 2 bridgehead atoms. The average molecular weight is 293 g/mol. The van der Waals surface area contributed by atoms with E-state index in [1.807, 2.05) is 7.11 Å². The number of ether oxygens (including phenoxy) is 1. The van der Waals surface area contributed by atoms with Crippen LogP contribution in [0.5, 0.6) is 0 Å². The largest absolute Gasteiger partial charge is 0.377 e. The van der Waals surface area contributed by atoms with Crippen molar-refractivity contribution in [2.45, 2.75) is 89.2 Å². The molecule has 0 aromatic carbocycles. The molecule has 122 valence electrons. The molecule has 0 saturated heterocycles. The fourth-order valence-electron chi connectivity index (χ4n) is 5.72. The van der Waals surface area contributed by atoms with E-state index in [2.05, 4.69) is 12.2 Å². The number of methoxy groups -OCH3 is 1. The third-order valence-corrected chi connectivity index (χ3v) is 6.87. The molecule has 0 spiro atoms. The molecule has 2 heteroatoms. The molecule has 3 saturated carbocycles. The topological polar surface area (TPSA) is 21.3 Å². The Morgan fingerprint density at radius 3 is 2.38 bits per heavy atom. The summed E-state index contributed by atoms with van der Waals surface area (Å²) in [4.78, 5) is 0. The van der Waals surface area contributed by atoms with E-state index >= 15 is 0 Å². The highest BCUT2D eigenvalue weighted by Gasteiger charge is 2.45. The van der Waals surface area contributed by atoms with Crippen molar-refractivity contribution in [3.8, 4) is 0 Å². The molecular weight excluding hydrogens is 258 g/mol. The van der Waals surface area contributed by atoms with Gasteiger partial charge in [0.05, 0.1) is 5.60 Å². The minimum atomic E-state index is 0.119. The molecule has 3 fully saturated rings. The number of likely N-dealkylation sites (N-methyl/N-ethyl adjacent to an activating group) is 1. The number of rotatable bonds is 6. The maximum atomic E-state index is 6.20. The summed E-state index contributed by atoms with van der Waals surface area (Å²) in [6.07, 6.45) is 15.5. The second kappa shape index (κ2) is 7.00. The van der Waals surface area contributed by atoms with Gasteiger partial charge in [-0.1, -0.05) is 39.0 Å². The average Bonchev–Trinajstić information content (AvgIpc) is 3.03. The highest BCUT2D eigenvalue weighted by Crippen LogP contribution is 2.51. The maximum absolute atomic E-state index is 6.20. The van der Waals surface area contributed by atoms with Crippen LogP contribution in [0.25, 0.3) is 0 Å². The van der Waals surface area contributed by atoms with E-state index in [0.717, 1.165) is 24.3 Å². The standard InChI is InChI=1S/C19H35NO/c1-3-20-18(14-17-13-15-8-9-16(17)12-15)19(21-2)10-6-4-5-7-11-19/h15-18,20H,3-14H2,1-2H3. The fourth-order valence-corrected chi connectivity index (χ4v) is 5.72. The van der Waals surface area contributed by atoms with Gasteiger partial charge >= 0.3 is 0 Å². The number of hydrogen-bond acceptors (Lipinski definition) is 2. The zero-order chi connectivity index (χ0) is 14.7. The molecule has 0 amide bonds. The van der Waals surface area contributed by atoms with Crippen molar-refractivity contribution < 1.29 is 4.74 Å². The van der Waals surface area contributed by atoms with Gasteiger partial charge in [0.2, 0.25) is 0 Å². The maximum Gasteiger partial charge on any atom is 0.0831 e. The Morgan fingerprint density at radius 2 is 1.86 bits per heavy atom. The SMILES string of the molecule is CCNC(CC1CC2CCC1C2)C1(OC)CCCCCC1. The molecular formula is C19H35NO. The molecule has 21 heavy (non-hydrogen) atoms. The van der Waals surface area contributed by atoms with Crippen LogP contribution in [0.1, 0.15) is 77.6 Å². The molecule has 0 aliphatic heterocycles. The van der Waals surface area contributed by atoms with Crippen LogP contribution < -0.4 is 5.32 Å². The van der Waals surface area contributed by atoms with Crippen LogP contribution >= 0.6 is 0 Å². The molecule has 0 heterocycles. The molecule has 0 radical (unpaired) electrons. The van der Waals surface area contributed by atoms with Gasteiger partial charge < -0.3 is 10.1 Å². The lowest BCUT2D eigenvalue weighted by molar-refractivity contribution is -0.0596. The molecule has 0 aromatic heterocycles. The van der Waals surface area contributed by atoms with Crippen LogP contribution in [0.2, 0.25) is 0 Å². The van der Waals surface area contributed by atoms with E-state index in [-0.39, 0.29) is 5.60 Å². The Morgan fingerprint density at radius 1 is 1.10 bits per heavy atom. The third kappa shape index (κ3) is 3.32. The van der Waals surface area contributed by atoms with Crippen molar-refractivity contribution in [2.75, 3.05) is 13.7 Å². The van der Waals surface area contributed by atoms with Crippen LogP contribution in [-0.4, -0.2) is 25.3 Å². The lowest BCUT2D eigenvalue weighted by Crippen LogP contribution is -2.53. The van der Waals surface area contributed by atoms with Crippen LogP contribution in [0.4, 0.5) is 0 Å². The predicted molar refractivity (Wildman–Crippen MR) is 88.5 cm³/mol. The van der Waals surface area contributed by atoms with Gasteiger partial charge in [-0.25, -0.2) is 0 Å². The van der Waals surface area contributed by atoms with Crippen molar-refractivity contribution in [3.05, 3.63) is 0 Å². The summed E-state index contributed by atoms with van der Waals surface area (Å²) in [5, 5.41) is 3.83. The van der Waals surface area contributed by atoms with Gasteiger partial charge in [0, 0.05) is 13.2 Å². The smallest absolute Gasteiger partial charge is 0.0831 e. The van der Waals surface area contributed by atoms with Gasteiger partial charge in [0.25, 0.3) is 0 Å². The van der Waals surface area contributed by atoms with Crippen LogP contribution in [0, 0.1) is 17.8 Å². The molecule has 1 N–H and O–H groups in total. The summed E-state index contributed by atoms with van der Waals surface area (Å²) in [6, 6.07) is 0.579. The summed E-state index contributed by atoms with van der Waals surface area (Å²) >= 11 is 0. The Bertz CT molecular complexity index is 322. The summed E-state index contributed by atoms with van der Waals surface area (Å²) < 4.78 is 6.20. The highest BCUT2D eigenvalue weighted by atomic mass is 16.5.